The van der Waals surface area contributed by atoms with Crippen molar-refractivity contribution >= 4 is 22.7 Å². The summed E-state index contributed by atoms with van der Waals surface area (Å²) in [5.74, 6) is 0. The third-order valence-electron chi connectivity index (χ3n) is 2.07. The van der Waals surface area contributed by atoms with Crippen LogP contribution in [0.3, 0.4) is 0 Å². The van der Waals surface area contributed by atoms with Crippen LogP contribution in [0, 0.1) is 6.92 Å². The highest BCUT2D eigenvalue weighted by Gasteiger charge is 1.99. The average molecular weight is 224 g/mol. The largest absolute Gasteiger partial charge is 0.337 e. The lowest BCUT2D eigenvalue weighted by molar-refractivity contribution is -0.685. The molecular formula is C11H14NS2+. The quantitative estimate of drug-likeness (QED) is 0.821. The second-order valence-electron chi connectivity index (χ2n) is 3.29. The molecule has 2 rings (SSSR count). The van der Waals surface area contributed by atoms with E-state index in [9.17, 15) is 0 Å². The molecular weight excluding hydrogens is 210 g/mol. The Morgan fingerprint density at radius 2 is 2.00 bits per heavy atom. The monoisotopic (exact) mass is 224 g/mol. The van der Waals surface area contributed by atoms with Gasteiger partial charge in [0.05, 0.1) is 9.75 Å². The summed E-state index contributed by atoms with van der Waals surface area (Å²) in [5, 5.41) is 4.50. The number of quaternary nitrogens is 1. The highest BCUT2D eigenvalue weighted by atomic mass is 32.1. The molecule has 2 aromatic heterocycles. The van der Waals surface area contributed by atoms with Crippen LogP contribution in [-0.2, 0) is 13.1 Å². The SMILES string of the molecule is Cc1ccc(C[NH2+]Cc2cccs2)s1. The normalized spacial score (nSPS) is 10.6. The first-order valence-corrected chi connectivity index (χ1v) is 6.43. The zero-order valence-electron chi connectivity index (χ0n) is 8.19. The van der Waals surface area contributed by atoms with Crippen molar-refractivity contribution < 1.29 is 5.32 Å². The second-order valence-corrected chi connectivity index (χ2v) is 5.69. The van der Waals surface area contributed by atoms with Gasteiger partial charge in [-0.3, -0.25) is 0 Å². The second kappa shape index (κ2) is 4.73. The smallest absolute Gasteiger partial charge is 0.111 e. The molecule has 0 radical (unpaired) electrons. The van der Waals surface area contributed by atoms with Crippen molar-refractivity contribution in [1.29, 1.82) is 0 Å². The van der Waals surface area contributed by atoms with Crippen LogP contribution in [-0.4, -0.2) is 0 Å². The molecule has 0 bridgehead atoms. The third-order valence-corrected chi connectivity index (χ3v) is 3.99. The Morgan fingerprint density at radius 1 is 1.14 bits per heavy atom. The molecule has 14 heavy (non-hydrogen) atoms. The molecule has 0 aliphatic heterocycles. The van der Waals surface area contributed by atoms with Crippen LogP contribution in [0.15, 0.2) is 29.6 Å². The van der Waals surface area contributed by atoms with E-state index < -0.39 is 0 Å². The van der Waals surface area contributed by atoms with E-state index in [0.717, 1.165) is 13.1 Å². The predicted molar refractivity (Wildman–Crippen MR) is 62.7 cm³/mol. The van der Waals surface area contributed by atoms with Gasteiger partial charge in [0.1, 0.15) is 13.1 Å². The van der Waals surface area contributed by atoms with E-state index in [1.54, 1.807) is 0 Å². The van der Waals surface area contributed by atoms with E-state index in [1.165, 1.54) is 14.6 Å². The van der Waals surface area contributed by atoms with Crippen LogP contribution in [0.2, 0.25) is 0 Å². The van der Waals surface area contributed by atoms with E-state index in [1.807, 2.05) is 22.7 Å². The molecule has 0 fully saturated rings. The number of aryl methyl sites for hydroxylation is 1. The van der Waals surface area contributed by atoms with Gasteiger partial charge in [-0.05, 0) is 30.5 Å². The average Bonchev–Trinajstić information content (AvgIpc) is 2.77. The van der Waals surface area contributed by atoms with Crippen molar-refractivity contribution in [2.75, 3.05) is 0 Å². The Bertz CT molecular complexity index is 376. The summed E-state index contributed by atoms with van der Waals surface area (Å²) in [5.41, 5.74) is 0. The van der Waals surface area contributed by atoms with Crippen LogP contribution < -0.4 is 5.32 Å². The third kappa shape index (κ3) is 2.67. The van der Waals surface area contributed by atoms with Gasteiger partial charge < -0.3 is 5.32 Å². The van der Waals surface area contributed by atoms with Crippen LogP contribution in [0.1, 0.15) is 14.6 Å². The fraction of sp³-hybridized carbons (Fsp3) is 0.273. The first kappa shape index (κ1) is 9.90. The van der Waals surface area contributed by atoms with E-state index in [4.69, 9.17) is 0 Å². The van der Waals surface area contributed by atoms with Gasteiger partial charge in [-0.2, -0.15) is 0 Å². The molecule has 2 heterocycles. The maximum atomic E-state index is 2.36. The van der Waals surface area contributed by atoms with Gasteiger partial charge in [0.25, 0.3) is 0 Å². The highest BCUT2D eigenvalue weighted by Crippen LogP contribution is 2.13. The van der Waals surface area contributed by atoms with Crippen molar-refractivity contribution in [3.8, 4) is 0 Å². The molecule has 0 aliphatic rings. The molecule has 74 valence electrons. The summed E-state index contributed by atoms with van der Waals surface area (Å²) in [6.07, 6.45) is 0. The van der Waals surface area contributed by atoms with Crippen molar-refractivity contribution in [2.24, 2.45) is 0 Å². The highest BCUT2D eigenvalue weighted by molar-refractivity contribution is 7.11. The molecule has 3 heteroatoms. The van der Waals surface area contributed by atoms with Gasteiger partial charge in [-0.15, -0.1) is 22.7 Å². The zero-order chi connectivity index (χ0) is 9.80. The summed E-state index contributed by atoms with van der Waals surface area (Å²) in [6, 6.07) is 8.73. The molecule has 0 spiro atoms. The lowest BCUT2D eigenvalue weighted by atomic mass is 10.4. The number of rotatable bonds is 4. The van der Waals surface area contributed by atoms with Gasteiger partial charge in [-0.1, -0.05) is 6.07 Å². The molecule has 0 aromatic carbocycles. The van der Waals surface area contributed by atoms with Gasteiger partial charge in [0.2, 0.25) is 0 Å². The Kier molecular flexibility index (Phi) is 3.35. The van der Waals surface area contributed by atoms with E-state index in [2.05, 4.69) is 41.9 Å². The van der Waals surface area contributed by atoms with Gasteiger partial charge in [0, 0.05) is 4.88 Å². The van der Waals surface area contributed by atoms with E-state index >= 15 is 0 Å². The Balaban J connectivity index is 1.78. The van der Waals surface area contributed by atoms with Gasteiger partial charge in [0.15, 0.2) is 0 Å². The molecule has 2 N–H and O–H groups in total. The molecule has 0 amide bonds. The molecule has 2 aromatic rings. The van der Waals surface area contributed by atoms with Crippen molar-refractivity contribution in [3.63, 3.8) is 0 Å². The van der Waals surface area contributed by atoms with Gasteiger partial charge in [-0.25, -0.2) is 0 Å². The lowest BCUT2D eigenvalue weighted by Crippen LogP contribution is -2.80. The van der Waals surface area contributed by atoms with Crippen molar-refractivity contribution in [1.82, 2.24) is 0 Å². The Morgan fingerprint density at radius 3 is 2.64 bits per heavy atom. The predicted octanol–water partition coefficient (Wildman–Crippen LogP) is 2.38. The number of hydrogen-bond acceptors (Lipinski definition) is 2. The van der Waals surface area contributed by atoms with Crippen molar-refractivity contribution in [3.05, 3.63) is 44.3 Å². The van der Waals surface area contributed by atoms with Crippen molar-refractivity contribution in [2.45, 2.75) is 20.0 Å². The minimum Gasteiger partial charge on any atom is -0.337 e. The maximum Gasteiger partial charge on any atom is 0.111 e. The maximum absolute atomic E-state index is 2.36. The fourth-order valence-electron chi connectivity index (χ4n) is 1.38. The van der Waals surface area contributed by atoms with Crippen LogP contribution in [0.5, 0.6) is 0 Å². The fourth-order valence-corrected chi connectivity index (χ4v) is 2.97. The Hall–Kier alpha value is -0.640. The minimum atomic E-state index is 1.11. The van der Waals surface area contributed by atoms with Crippen LogP contribution >= 0.6 is 22.7 Å². The van der Waals surface area contributed by atoms with Gasteiger partial charge >= 0.3 is 0 Å². The summed E-state index contributed by atoms with van der Waals surface area (Å²) in [4.78, 5) is 4.34. The van der Waals surface area contributed by atoms with E-state index in [-0.39, 0.29) is 0 Å². The molecule has 0 unspecified atom stereocenters. The summed E-state index contributed by atoms with van der Waals surface area (Å²) < 4.78 is 0. The summed E-state index contributed by atoms with van der Waals surface area (Å²) in [7, 11) is 0. The first-order chi connectivity index (χ1) is 6.84. The Labute approximate surface area is 92.4 Å². The number of hydrogen-bond donors (Lipinski definition) is 1. The summed E-state index contributed by atoms with van der Waals surface area (Å²) in [6.45, 7) is 4.37. The topological polar surface area (TPSA) is 16.6 Å². The van der Waals surface area contributed by atoms with Crippen LogP contribution in [0.25, 0.3) is 0 Å². The first-order valence-electron chi connectivity index (χ1n) is 4.74. The summed E-state index contributed by atoms with van der Waals surface area (Å²) >= 11 is 3.73. The molecule has 0 saturated carbocycles. The number of thiophene rings is 2. The van der Waals surface area contributed by atoms with E-state index in [0.29, 0.717) is 0 Å². The molecule has 0 atom stereocenters. The van der Waals surface area contributed by atoms with Crippen LogP contribution in [0.4, 0.5) is 0 Å². The molecule has 1 nitrogen and oxygen atoms in total. The molecule has 0 aliphatic carbocycles. The number of nitrogens with two attached hydrogens (primary N) is 1. The zero-order valence-corrected chi connectivity index (χ0v) is 9.83. The standard InChI is InChI=1S/C11H13NS2/c1-9-4-5-11(14-9)8-12-7-10-3-2-6-13-10/h2-6,12H,7-8H2,1H3/p+1. The minimum absolute atomic E-state index is 1.11. The molecule has 0 saturated heterocycles. The lowest BCUT2D eigenvalue weighted by Gasteiger charge is -1.96.